The highest BCUT2D eigenvalue weighted by atomic mass is 79.9. The number of nitrogens with two attached hydrogens (primary N) is 1. The second-order valence-corrected chi connectivity index (χ2v) is 10.5. The molecule has 10 nitrogen and oxygen atoms in total. The first-order valence-corrected chi connectivity index (χ1v) is 13.3. The fraction of sp³-hybridized carbons (Fsp3) is 0.207. The van der Waals surface area contributed by atoms with Gasteiger partial charge in [0.25, 0.3) is 5.56 Å². The Morgan fingerprint density at radius 1 is 1.02 bits per heavy atom. The van der Waals surface area contributed by atoms with E-state index in [1.165, 1.54) is 23.7 Å². The van der Waals surface area contributed by atoms with E-state index in [0.717, 1.165) is 10.1 Å². The first kappa shape index (κ1) is 27.2. The molecule has 0 fully saturated rings. The number of aromatic carboxylic acids is 1. The lowest BCUT2D eigenvalue weighted by atomic mass is 10.1. The quantitative estimate of drug-likeness (QED) is 0.307. The molecule has 4 heterocycles. The lowest BCUT2D eigenvalue weighted by Gasteiger charge is -2.29. The molecule has 6 rings (SSSR count). The summed E-state index contributed by atoms with van der Waals surface area (Å²) in [6.07, 6.45) is -0.822. The number of rotatable bonds is 3. The Labute approximate surface area is 237 Å². The molecule has 0 amide bonds. The minimum Gasteiger partial charge on any atom is -0.478 e. The molecule has 3 aromatic heterocycles. The number of carboxylic acid groups (broad SMARTS) is 1. The van der Waals surface area contributed by atoms with Crippen LogP contribution in [0.4, 0.5) is 0 Å². The van der Waals surface area contributed by atoms with Crippen molar-refractivity contribution in [3.8, 4) is 22.7 Å². The van der Waals surface area contributed by atoms with Gasteiger partial charge in [-0.05, 0) is 57.9 Å². The molecule has 0 aliphatic carbocycles. The predicted molar refractivity (Wildman–Crippen MR) is 154 cm³/mol. The number of aryl methyl sites for hydroxylation is 1. The van der Waals surface area contributed by atoms with Gasteiger partial charge in [0.05, 0.1) is 33.5 Å². The van der Waals surface area contributed by atoms with E-state index in [9.17, 15) is 19.5 Å². The van der Waals surface area contributed by atoms with Gasteiger partial charge in [0, 0.05) is 14.1 Å². The Bertz CT molecular complexity index is 1880. The van der Waals surface area contributed by atoms with Gasteiger partial charge in [0.15, 0.2) is 16.5 Å². The standard InChI is InChI=1S/C26H18BrN3O6.C3H9N/c1-28-21-19(24(31)29(2)26(28)34)20(13-6-4-3-5-7-13)30-15-12-14(25(32)33)8-9-16(15)36-23(22(21)30)17-10-11-18(27)35-17;1-3(2)4/h3-12,23H,1-2H3,(H,32,33);3H,4H2,1-2H3/t23-;/m0./s1. The maximum Gasteiger partial charge on any atom is 0.335 e. The third-order valence-corrected chi connectivity index (χ3v) is 6.87. The second kappa shape index (κ2) is 10.3. The number of nitrogens with zero attached hydrogens (tertiary/aromatic N) is 3. The van der Waals surface area contributed by atoms with Crippen molar-refractivity contribution >= 4 is 32.8 Å². The van der Waals surface area contributed by atoms with Crippen LogP contribution in [0.2, 0.25) is 0 Å². The number of carboxylic acids is 1. The van der Waals surface area contributed by atoms with Crippen molar-refractivity contribution in [2.75, 3.05) is 0 Å². The molecule has 1 atom stereocenters. The average molecular weight is 607 g/mol. The van der Waals surface area contributed by atoms with Crippen LogP contribution < -0.4 is 21.7 Å². The number of hydrogen-bond donors (Lipinski definition) is 2. The summed E-state index contributed by atoms with van der Waals surface area (Å²) in [5, 5.41) is 10.00. The molecule has 1 aliphatic heterocycles. The average Bonchev–Trinajstić information content (AvgIpc) is 3.52. The van der Waals surface area contributed by atoms with Crippen LogP contribution >= 0.6 is 15.9 Å². The molecule has 0 spiro atoms. The van der Waals surface area contributed by atoms with E-state index in [1.807, 2.05) is 48.7 Å². The Balaban J connectivity index is 0.000000758. The topological polar surface area (TPSA) is 135 Å². The van der Waals surface area contributed by atoms with E-state index < -0.39 is 23.3 Å². The van der Waals surface area contributed by atoms with E-state index in [1.54, 1.807) is 25.2 Å². The normalized spacial score (nSPS) is 13.8. The first-order chi connectivity index (χ1) is 19.0. The molecule has 0 bridgehead atoms. The van der Waals surface area contributed by atoms with Crippen molar-refractivity contribution in [2.24, 2.45) is 19.8 Å². The van der Waals surface area contributed by atoms with Gasteiger partial charge in [-0.25, -0.2) is 9.59 Å². The molecular formula is C29H27BrN4O6. The van der Waals surface area contributed by atoms with E-state index in [4.69, 9.17) is 14.9 Å². The highest BCUT2D eigenvalue weighted by Gasteiger charge is 2.38. The molecule has 0 radical (unpaired) electrons. The first-order valence-electron chi connectivity index (χ1n) is 12.5. The molecule has 2 aromatic carbocycles. The Kier molecular flexibility index (Phi) is 7.03. The van der Waals surface area contributed by atoms with Gasteiger partial charge in [0.1, 0.15) is 5.75 Å². The van der Waals surface area contributed by atoms with Crippen molar-refractivity contribution in [1.29, 1.82) is 0 Å². The van der Waals surface area contributed by atoms with Gasteiger partial charge in [-0.3, -0.25) is 13.9 Å². The monoisotopic (exact) mass is 606 g/mol. The number of furan rings is 1. The lowest BCUT2D eigenvalue weighted by molar-refractivity contribution is 0.0696. The van der Waals surface area contributed by atoms with Crippen LogP contribution in [0.3, 0.4) is 0 Å². The fourth-order valence-corrected chi connectivity index (χ4v) is 5.15. The van der Waals surface area contributed by atoms with E-state index >= 15 is 0 Å². The molecule has 0 unspecified atom stereocenters. The maximum atomic E-state index is 13.6. The molecule has 40 heavy (non-hydrogen) atoms. The highest BCUT2D eigenvalue weighted by molar-refractivity contribution is 9.10. The molecule has 11 heteroatoms. The largest absolute Gasteiger partial charge is 0.478 e. The van der Waals surface area contributed by atoms with E-state index in [0.29, 0.717) is 50.2 Å². The zero-order chi connectivity index (χ0) is 28.9. The van der Waals surface area contributed by atoms with Crippen LogP contribution in [-0.2, 0) is 14.1 Å². The molecule has 1 aliphatic rings. The summed E-state index contributed by atoms with van der Waals surface area (Å²) >= 11 is 3.33. The number of halogens is 1. The van der Waals surface area contributed by atoms with Crippen LogP contribution in [-0.4, -0.2) is 30.8 Å². The van der Waals surface area contributed by atoms with E-state index in [2.05, 4.69) is 15.9 Å². The van der Waals surface area contributed by atoms with Gasteiger partial charge in [-0.1, -0.05) is 44.2 Å². The third kappa shape index (κ3) is 4.46. The SMILES string of the molecule is CC(C)N.Cn1c(=O)c2c(-c3ccccc3)n3c(c2n(C)c1=O)[C@H](c1ccc(Br)o1)Oc1ccc(C(=O)O)cc1-3. The van der Waals surface area contributed by atoms with Crippen LogP contribution in [0.15, 0.2) is 79.3 Å². The third-order valence-electron chi connectivity index (χ3n) is 6.45. The van der Waals surface area contributed by atoms with Crippen molar-refractivity contribution < 1.29 is 19.1 Å². The molecule has 0 saturated heterocycles. The Hall–Kier alpha value is -4.35. The Morgan fingerprint density at radius 3 is 2.30 bits per heavy atom. The van der Waals surface area contributed by atoms with Crippen LogP contribution in [0.1, 0.15) is 41.8 Å². The number of benzene rings is 2. The van der Waals surface area contributed by atoms with Crippen molar-refractivity contribution in [1.82, 2.24) is 13.7 Å². The zero-order valence-electron chi connectivity index (χ0n) is 22.2. The van der Waals surface area contributed by atoms with Crippen molar-refractivity contribution in [2.45, 2.75) is 26.0 Å². The van der Waals surface area contributed by atoms with Crippen LogP contribution in [0.25, 0.3) is 27.8 Å². The van der Waals surface area contributed by atoms with E-state index in [-0.39, 0.29) is 5.56 Å². The van der Waals surface area contributed by atoms with Gasteiger partial charge >= 0.3 is 11.7 Å². The minimum absolute atomic E-state index is 0.0565. The summed E-state index contributed by atoms with van der Waals surface area (Å²) in [6.45, 7) is 3.89. The second-order valence-electron chi connectivity index (χ2n) is 9.74. The number of fused-ring (bicyclic) bond motifs is 5. The molecule has 206 valence electrons. The van der Waals surface area contributed by atoms with Gasteiger partial charge in [0.2, 0.25) is 0 Å². The Morgan fingerprint density at radius 2 is 1.70 bits per heavy atom. The summed E-state index contributed by atoms with van der Waals surface area (Å²) in [4.78, 5) is 38.5. The van der Waals surface area contributed by atoms with Crippen LogP contribution in [0, 0.1) is 0 Å². The summed E-state index contributed by atoms with van der Waals surface area (Å²) in [7, 11) is 3.03. The maximum absolute atomic E-state index is 13.6. The van der Waals surface area contributed by atoms with Gasteiger partial charge < -0.3 is 24.6 Å². The summed E-state index contributed by atoms with van der Waals surface area (Å²) in [6, 6.07) is 17.6. The highest BCUT2D eigenvalue weighted by Crippen LogP contribution is 2.47. The molecule has 3 N–H and O–H groups in total. The minimum atomic E-state index is -1.10. The van der Waals surface area contributed by atoms with Crippen molar-refractivity contribution in [3.05, 3.63) is 103 Å². The summed E-state index contributed by atoms with van der Waals surface area (Å²) in [5.74, 6) is -0.245. The zero-order valence-corrected chi connectivity index (χ0v) is 23.8. The molecule has 5 aromatic rings. The molecular weight excluding hydrogens is 580 g/mol. The number of carbonyl (C=O) groups is 1. The number of aromatic nitrogens is 3. The fourth-order valence-electron chi connectivity index (χ4n) is 4.83. The summed E-state index contributed by atoms with van der Waals surface area (Å²) < 4.78 is 17.0. The predicted octanol–water partition coefficient (Wildman–Crippen LogP) is 4.58. The molecule has 0 saturated carbocycles. The van der Waals surface area contributed by atoms with Crippen molar-refractivity contribution in [3.63, 3.8) is 0 Å². The smallest absolute Gasteiger partial charge is 0.335 e. The van der Waals surface area contributed by atoms with Crippen LogP contribution in [0.5, 0.6) is 5.75 Å². The number of hydrogen-bond acceptors (Lipinski definition) is 6. The number of ether oxygens (including phenoxy) is 1. The lowest BCUT2D eigenvalue weighted by Crippen LogP contribution is -2.37. The summed E-state index contributed by atoms with van der Waals surface area (Å²) in [5.41, 5.74) is 6.76. The van der Waals surface area contributed by atoms with Gasteiger partial charge in [-0.2, -0.15) is 0 Å². The van der Waals surface area contributed by atoms with Gasteiger partial charge in [-0.15, -0.1) is 0 Å².